The molecule has 2 aromatic heterocycles. The molecule has 0 saturated carbocycles. The number of aromatic nitrogens is 4. The highest BCUT2D eigenvalue weighted by Gasteiger charge is 2.18. The average molecular weight is 393 g/mol. The second kappa shape index (κ2) is 7.60. The Morgan fingerprint density at radius 2 is 1.96 bits per heavy atom. The van der Waals surface area contributed by atoms with Gasteiger partial charge in [0, 0.05) is 17.4 Å². The molecule has 0 bridgehead atoms. The van der Waals surface area contributed by atoms with Crippen molar-refractivity contribution in [1.82, 2.24) is 19.5 Å². The van der Waals surface area contributed by atoms with Gasteiger partial charge in [0.2, 0.25) is 0 Å². The van der Waals surface area contributed by atoms with Crippen LogP contribution in [0.15, 0.2) is 66.0 Å². The smallest absolute Gasteiger partial charge is 0.270 e. The van der Waals surface area contributed by atoms with Crippen molar-refractivity contribution in [3.8, 4) is 0 Å². The van der Waals surface area contributed by atoms with Crippen LogP contribution in [0, 0.1) is 5.92 Å². The summed E-state index contributed by atoms with van der Waals surface area (Å²) >= 11 is 6.24. The lowest BCUT2D eigenvalue weighted by atomic mass is 9.98. The normalized spacial score (nSPS) is 12.6. The molecule has 1 unspecified atom stereocenters. The Hall–Kier alpha value is -2.92. The Morgan fingerprint density at radius 3 is 2.68 bits per heavy atom. The number of nitrogens with zero attached hydrogens (tertiary/aromatic N) is 3. The summed E-state index contributed by atoms with van der Waals surface area (Å²) in [6.07, 6.45) is 6.13. The van der Waals surface area contributed by atoms with Crippen LogP contribution in [-0.2, 0) is 6.42 Å². The second-order valence-corrected chi connectivity index (χ2v) is 7.79. The highest BCUT2D eigenvalue weighted by atomic mass is 35.5. The van der Waals surface area contributed by atoms with Crippen LogP contribution in [-0.4, -0.2) is 19.5 Å². The maximum absolute atomic E-state index is 12.3. The van der Waals surface area contributed by atoms with E-state index in [1.807, 2.05) is 53.2 Å². The van der Waals surface area contributed by atoms with Crippen LogP contribution in [0.2, 0.25) is 5.02 Å². The van der Waals surface area contributed by atoms with Gasteiger partial charge < -0.3 is 9.55 Å². The number of fused-ring (bicyclic) bond motifs is 1. The fraction of sp³-hybridized carbons (Fsp3) is 0.227. The van der Waals surface area contributed by atoms with Crippen LogP contribution in [0.4, 0.5) is 0 Å². The number of H-pyrrole nitrogens is 1. The highest BCUT2D eigenvalue weighted by Crippen LogP contribution is 2.29. The largest absolute Gasteiger partial charge is 0.326 e. The lowest BCUT2D eigenvalue weighted by Gasteiger charge is -2.20. The molecular formula is C22H21ClN4O. The Kier molecular flexibility index (Phi) is 5.01. The molecule has 1 atom stereocenters. The SMILES string of the molecule is CC(C)Cc1nc2cc(C(c3cccc(Cl)c3)n3ccnc3)ccc2[nH]c1=O. The third-order valence-electron chi connectivity index (χ3n) is 4.69. The molecule has 0 aliphatic heterocycles. The van der Waals surface area contributed by atoms with Gasteiger partial charge in [-0.1, -0.05) is 43.6 Å². The van der Waals surface area contributed by atoms with Gasteiger partial charge in [-0.25, -0.2) is 9.97 Å². The lowest BCUT2D eigenvalue weighted by molar-refractivity contribution is 0.631. The van der Waals surface area contributed by atoms with E-state index < -0.39 is 0 Å². The fourth-order valence-electron chi connectivity index (χ4n) is 3.47. The third kappa shape index (κ3) is 3.71. The van der Waals surface area contributed by atoms with Crippen LogP contribution < -0.4 is 5.56 Å². The molecule has 0 amide bonds. The van der Waals surface area contributed by atoms with Gasteiger partial charge in [-0.2, -0.15) is 0 Å². The van der Waals surface area contributed by atoms with E-state index in [1.165, 1.54) is 0 Å². The molecular weight excluding hydrogens is 372 g/mol. The Labute approximate surface area is 168 Å². The molecule has 0 aliphatic carbocycles. The molecule has 0 fully saturated rings. The van der Waals surface area contributed by atoms with Crippen molar-refractivity contribution in [2.45, 2.75) is 26.3 Å². The van der Waals surface area contributed by atoms with Crippen LogP contribution in [0.3, 0.4) is 0 Å². The summed E-state index contributed by atoms with van der Waals surface area (Å²) in [5.41, 5.74) is 4.06. The first-order valence-electron chi connectivity index (χ1n) is 9.27. The number of nitrogens with one attached hydrogen (secondary N) is 1. The van der Waals surface area contributed by atoms with Crippen molar-refractivity contribution in [3.63, 3.8) is 0 Å². The summed E-state index contributed by atoms with van der Waals surface area (Å²) in [4.78, 5) is 24.1. The molecule has 0 radical (unpaired) electrons. The number of hydrogen-bond acceptors (Lipinski definition) is 3. The van der Waals surface area contributed by atoms with Crippen LogP contribution in [0.5, 0.6) is 0 Å². The number of hydrogen-bond donors (Lipinski definition) is 1. The van der Waals surface area contributed by atoms with E-state index in [9.17, 15) is 4.79 Å². The second-order valence-electron chi connectivity index (χ2n) is 7.35. The maximum Gasteiger partial charge on any atom is 0.270 e. The number of benzene rings is 2. The van der Waals surface area contributed by atoms with Gasteiger partial charge in [0.15, 0.2) is 0 Å². The molecule has 4 aromatic rings. The molecule has 5 nitrogen and oxygen atoms in total. The molecule has 2 heterocycles. The van der Waals surface area contributed by atoms with Crippen molar-refractivity contribution >= 4 is 22.6 Å². The van der Waals surface area contributed by atoms with E-state index in [4.69, 9.17) is 11.6 Å². The lowest BCUT2D eigenvalue weighted by Crippen LogP contribution is -2.17. The zero-order valence-corrected chi connectivity index (χ0v) is 16.5. The fourth-order valence-corrected chi connectivity index (χ4v) is 3.67. The van der Waals surface area contributed by atoms with Crippen LogP contribution >= 0.6 is 11.6 Å². The third-order valence-corrected chi connectivity index (χ3v) is 4.93. The quantitative estimate of drug-likeness (QED) is 0.539. The number of imidazole rings is 1. The molecule has 4 rings (SSSR count). The van der Waals surface area contributed by atoms with E-state index in [0.29, 0.717) is 23.1 Å². The summed E-state index contributed by atoms with van der Waals surface area (Å²) in [7, 11) is 0. The van der Waals surface area contributed by atoms with Gasteiger partial charge in [0.25, 0.3) is 5.56 Å². The van der Waals surface area contributed by atoms with Gasteiger partial charge in [-0.05, 0) is 47.7 Å². The minimum absolute atomic E-state index is 0.0899. The van der Waals surface area contributed by atoms with E-state index in [2.05, 4.69) is 28.8 Å². The Morgan fingerprint density at radius 1 is 1.14 bits per heavy atom. The topological polar surface area (TPSA) is 63.6 Å². The molecule has 0 saturated heterocycles. The van der Waals surface area contributed by atoms with Crippen molar-refractivity contribution in [1.29, 1.82) is 0 Å². The number of rotatable bonds is 5. The molecule has 0 aliphatic rings. The zero-order chi connectivity index (χ0) is 19.7. The van der Waals surface area contributed by atoms with E-state index in [-0.39, 0.29) is 11.6 Å². The molecule has 142 valence electrons. The first kappa shape index (κ1) is 18.4. The first-order chi connectivity index (χ1) is 13.5. The first-order valence-corrected chi connectivity index (χ1v) is 9.65. The molecule has 28 heavy (non-hydrogen) atoms. The molecule has 1 N–H and O–H groups in total. The standard InChI is InChI=1S/C22H21ClN4O/c1-14(2)10-20-22(28)26-18-7-6-16(12-19(18)25-20)21(27-9-8-24-13-27)15-4-3-5-17(23)11-15/h3-9,11-14,21H,10H2,1-2H3,(H,26,28). The molecule has 6 heteroatoms. The van der Waals surface area contributed by atoms with Crippen LogP contribution in [0.1, 0.15) is 36.7 Å². The van der Waals surface area contributed by atoms with Gasteiger partial charge in [-0.15, -0.1) is 0 Å². The minimum atomic E-state index is -0.116. The summed E-state index contributed by atoms with van der Waals surface area (Å²) in [6.45, 7) is 4.16. The Bertz CT molecular complexity index is 1160. The number of aromatic amines is 1. The summed E-state index contributed by atoms with van der Waals surface area (Å²) in [5, 5.41) is 0.685. The van der Waals surface area contributed by atoms with E-state index in [1.54, 1.807) is 12.5 Å². The van der Waals surface area contributed by atoms with Crippen molar-refractivity contribution in [3.05, 3.63) is 93.4 Å². The van der Waals surface area contributed by atoms with Crippen molar-refractivity contribution < 1.29 is 0 Å². The molecule has 2 aromatic carbocycles. The molecule has 0 spiro atoms. The maximum atomic E-state index is 12.3. The van der Waals surface area contributed by atoms with Crippen molar-refractivity contribution in [2.75, 3.05) is 0 Å². The summed E-state index contributed by atoms with van der Waals surface area (Å²) in [6, 6.07) is 13.7. The van der Waals surface area contributed by atoms with Crippen molar-refractivity contribution in [2.24, 2.45) is 5.92 Å². The van der Waals surface area contributed by atoms with Gasteiger partial charge in [0.05, 0.1) is 23.4 Å². The van der Waals surface area contributed by atoms with Crippen LogP contribution in [0.25, 0.3) is 11.0 Å². The van der Waals surface area contributed by atoms with Gasteiger partial charge >= 0.3 is 0 Å². The average Bonchev–Trinajstić information content (AvgIpc) is 3.17. The summed E-state index contributed by atoms with van der Waals surface area (Å²) in [5.74, 6) is 0.361. The zero-order valence-electron chi connectivity index (χ0n) is 15.8. The predicted octanol–water partition coefficient (Wildman–Crippen LogP) is 4.61. The van der Waals surface area contributed by atoms with Gasteiger partial charge in [0.1, 0.15) is 5.69 Å². The highest BCUT2D eigenvalue weighted by molar-refractivity contribution is 6.30. The monoisotopic (exact) mass is 392 g/mol. The minimum Gasteiger partial charge on any atom is -0.326 e. The van der Waals surface area contributed by atoms with E-state index >= 15 is 0 Å². The Balaban J connectivity index is 1.86. The number of halogens is 1. The van der Waals surface area contributed by atoms with E-state index in [0.717, 1.165) is 22.2 Å². The van der Waals surface area contributed by atoms with Gasteiger partial charge in [-0.3, -0.25) is 4.79 Å². The summed E-state index contributed by atoms with van der Waals surface area (Å²) < 4.78 is 2.04. The predicted molar refractivity (Wildman–Crippen MR) is 112 cm³/mol.